The molecule has 10 aliphatic rings. The van der Waals surface area contributed by atoms with Crippen molar-refractivity contribution < 1.29 is 81.8 Å². The lowest BCUT2D eigenvalue weighted by molar-refractivity contribution is -0.189. The van der Waals surface area contributed by atoms with Gasteiger partial charge in [-0.25, -0.2) is 38.9 Å². The number of piperazine rings is 1. The molecule has 5 unspecified atom stereocenters. The van der Waals surface area contributed by atoms with Gasteiger partial charge in [-0.1, -0.05) is 117 Å². The number of fused-ring (bicyclic) bond motifs is 6. The fourth-order valence-corrected chi connectivity index (χ4v) is 23.7. The summed E-state index contributed by atoms with van der Waals surface area (Å²) in [7, 11) is 1.63. The molecule has 6 aliphatic heterocycles. The summed E-state index contributed by atoms with van der Waals surface area (Å²) in [6, 6.07) is 42.1. The van der Waals surface area contributed by atoms with E-state index in [0.29, 0.717) is 138 Å². The largest absolute Gasteiger partial charge is 0.508 e. The predicted molar refractivity (Wildman–Crippen MR) is 539 cm³/mol. The highest BCUT2D eigenvalue weighted by Crippen LogP contribution is 2.71. The Balaban J connectivity index is 0.000000141. The monoisotopic (exact) mass is 1970 g/mol. The van der Waals surface area contributed by atoms with Crippen molar-refractivity contribution in [2.45, 2.75) is 220 Å². The number of imidazole rings is 1. The molecule has 32 heteroatoms. The molecule has 4 aliphatic carbocycles. The number of aromatic hydroxyl groups is 1. The molecule has 0 bridgehead atoms. The summed E-state index contributed by atoms with van der Waals surface area (Å²) >= 11 is 14.2. The van der Waals surface area contributed by atoms with E-state index in [0.717, 1.165) is 115 Å². The number of benzene rings is 7. The number of aliphatic hydroxyl groups excluding tert-OH is 1. The molecule has 29 nitrogen and oxygen atoms in total. The molecule has 9 fully saturated rings. The number of hydrogen-bond donors (Lipinski definition) is 2. The number of phenols is 1. The van der Waals surface area contributed by atoms with Gasteiger partial charge < -0.3 is 67.7 Å². The Labute approximate surface area is 839 Å². The highest BCUT2D eigenvalue weighted by atomic mass is 35.5. The lowest BCUT2D eigenvalue weighted by Crippen LogP contribution is -2.57. The van der Waals surface area contributed by atoms with Crippen LogP contribution in [-0.2, 0) is 73.2 Å². The molecule has 7 heterocycles. The number of rotatable bonds is 21. The molecule has 8 aromatic rings. The van der Waals surface area contributed by atoms with Crippen LogP contribution < -0.4 is 28.9 Å². The van der Waals surface area contributed by atoms with Crippen LogP contribution in [0.1, 0.15) is 173 Å². The van der Waals surface area contributed by atoms with Crippen LogP contribution in [0.3, 0.4) is 0 Å². The van der Waals surface area contributed by atoms with Crippen molar-refractivity contribution in [2.75, 3.05) is 80.9 Å². The number of aromatic nitrogens is 2. The zero-order valence-corrected chi connectivity index (χ0v) is 84.8. The standard InChI is InChI=1S/C26H28Cl2N4O4.C24H32O4S.C22H24N2O3.C20H19N3O3.C17H21N3O3/c1-19(33)31-10-12-32(13-11-31)21-3-5-22(6-4-21)34-15-23-16-35-26(36-23,17-30-9-8-29-18-30)24-7-2-20(27)14-25(24)28;1-14(25)29-19-13-15-12-16(26)4-8-22(15,2)17-5-9-23(3)18(21(17)19)6-10-24(23)11-7-20(27)28-24;1-15-12-18(10-11-19(15)23-4)27-20-21(25)24(14-22(20,2)3)13-16-6-8-17(26-5)9-7-16;1-13-10-15(8-9-17(13)21-4)23-18(25)20(2,3)22(19(23)26)12-14-6-5-7-16(24)11-14;1-12-11-13(7-8-14(12)18-4)20-15(22)17(2,3)19(16(20)23)9-5-6-10-21/h2-9,14,18,23H,10-13,15-17H2,1H3;12,17-19,21H,4-11,13H2,1-3H3;6-12,20H,13-14H2,1-3,5H3;5-11,24H,12H2,1-3H3;7-8,11,21H,5-6,9-10H2,1-3H3/t23-,26-;17?,18?,19-,21?,22?,23?,24-;20-;;/m010../s1. The fourth-order valence-electron chi connectivity index (χ4n) is 21.9. The third kappa shape index (κ3) is 22.1. The van der Waals surface area contributed by atoms with Gasteiger partial charge >= 0.3 is 18.0 Å². The van der Waals surface area contributed by atoms with E-state index in [1.165, 1.54) is 27.1 Å². The molecule has 0 radical (unpaired) electrons. The molecule has 1 aromatic heterocycles. The summed E-state index contributed by atoms with van der Waals surface area (Å²) < 4.78 is 37.9. The molecule has 7 aromatic carbocycles. The number of methoxy groups -OCH3 is 1. The minimum Gasteiger partial charge on any atom is -0.508 e. The Bertz CT molecular complexity index is 6220. The van der Waals surface area contributed by atoms with E-state index in [-0.39, 0.29) is 98.6 Å². The van der Waals surface area contributed by atoms with Gasteiger partial charge in [0.2, 0.25) is 11.7 Å². The number of phenolic OH excluding ortho intramolecular Hbond substituents is 1. The topological polar surface area (TPSA) is 303 Å². The number of likely N-dealkylation sites (tertiary alicyclic amines) is 1. The molecular formula is C109H124Cl2N12O17S. The van der Waals surface area contributed by atoms with Crippen LogP contribution in [-0.4, -0.2) is 192 Å². The predicted octanol–water partition coefficient (Wildman–Crippen LogP) is 20.3. The number of ether oxygens (including phenoxy) is 6. The Morgan fingerprint density at radius 3 is 1.83 bits per heavy atom. The highest BCUT2D eigenvalue weighted by molar-refractivity contribution is 8.14. The van der Waals surface area contributed by atoms with Crippen molar-refractivity contribution in [1.82, 2.24) is 29.2 Å². The maximum absolute atomic E-state index is 13.0. The van der Waals surface area contributed by atoms with Crippen LogP contribution >= 0.6 is 35.0 Å². The molecule has 2 N–H and O–H groups in total. The van der Waals surface area contributed by atoms with Crippen LogP contribution in [0.15, 0.2) is 176 Å². The number of anilines is 3. The summed E-state index contributed by atoms with van der Waals surface area (Å²) in [6.07, 6.45) is 15.7. The fraction of sp³-hybridized carbons (Fsp3) is 0.459. The number of nitrogens with zero attached hydrogens (tertiary/aromatic N) is 12. The third-order valence-corrected chi connectivity index (χ3v) is 31.5. The van der Waals surface area contributed by atoms with Crippen molar-refractivity contribution in [3.05, 3.63) is 254 Å². The Morgan fingerprint density at radius 1 is 0.645 bits per heavy atom. The first-order valence-corrected chi connectivity index (χ1v) is 49.5. The van der Waals surface area contributed by atoms with Crippen LogP contribution in [0.25, 0.3) is 14.5 Å². The number of carbonyl (C=O) groups is 9. The van der Waals surface area contributed by atoms with Gasteiger partial charge in [0.25, 0.3) is 17.7 Å². The third-order valence-electron chi connectivity index (χ3n) is 29.8. The van der Waals surface area contributed by atoms with Crippen LogP contribution in [0.2, 0.25) is 10.0 Å². The van der Waals surface area contributed by atoms with Crippen LogP contribution in [0.5, 0.6) is 23.0 Å². The average molecular weight is 1980 g/mol. The van der Waals surface area contributed by atoms with Crippen molar-refractivity contribution >= 4 is 122 Å². The van der Waals surface area contributed by atoms with Crippen molar-refractivity contribution in [1.29, 1.82) is 0 Å². The number of halogens is 2. The number of unbranched alkanes of at least 4 members (excludes halogenated alkanes) is 1. The summed E-state index contributed by atoms with van der Waals surface area (Å²) in [5, 5.41) is 20.0. The number of ketones is 1. The molecular weight excluding hydrogens is 1850 g/mol. The summed E-state index contributed by atoms with van der Waals surface area (Å²) in [5.74, 6) is 2.39. The van der Waals surface area contributed by atoms with Crippen LogP contribution in [0, 0.1) is 74.5 Å². The number of aryl methyl sites for hydroxylation is 3. The molecule has 742 valence electrons. The number of allylic oxidation sites excluding steroid dienone is 1. The Morgan fingerprint density at radius 2 is 1.26 bits per heavy atom. The first kappa shape index (κ1) is 104. The molecule has 6 saturated heterocycles. The smallest absolute Gasteiger partial charge is 0.332 e. The minimum atomic E-state index is -1.08. The number of amides is 8. The number of imide groups is 2. The lowest BCUT2D eigenvalue weighted by atomic mass is 9.46. The SMILES string of the molecule is CC(=O)N1CCN(c2ccc(OC[C@H]3CO[C@](Cn4ccnc4)(c4ccc(Cl)cc4Cl)O3)cc2)CC1.CC(=O)S[C@@H]1CC2=CC(=O)CCC2(C)C2CCC3(C)C(CC[C@@]34CCC(=O)O4)C21.[C-]#[N+]c1ccc(N2C(=O)N(CCCCO)C(C)(C)C2=O)cc1C.[C-]#[N+]c1ccc(N2C(=O)N(Cc3cccc(O)c3)C(C)(C)C2=O)cc1C.[C-]#[N+]c1ccc(O[C@H]2C(=O)N(Cc3ccc(OC)cc3)CC2(C)C)cc1C. The summed E-state index contributed by atoms with van der Waals surface area (Å²) in [6.45, 7) is 51.8. The van der Waals surface area contributed by atoms with Crippen molar-refractivity contribution in [3.63, 3.8) is 0 Å². The quantitative estimate of drug-likeness (QED) is 0.0292. The summed E-state index contributed by atoms with van der Waals surface area (Å²) in [5.41, 5.74) is 7.29. The zero-order valence-electron chi connectivity index (χ0n) is 82.4. The maximum Gasteiger partial charge on any atom is 0.332 e. The summed E-state index contributed by atoms with van der Waals surface area (Å²) in [4.78, 5) is 138. The number of thioether (sulfide) groups is 1. The van der Waals surface area contributed by atoms with E-state index in [1.54, 1.807) is 165 Å². The number of carbonyl (C=O) groups excluding carboxylic acids is 9. The highest BCUT2D eigenvalue weighted by Gasteiger charge is 2.69. The van der Waals surface area contributed by atoms with E-state index in [2.05, 4.69) is 38.3 Å². The van der Waals surface area contributed by atoms with E-state index < -0.39 is 29.0 Å². The van der Waals surface area contributed by atoms with E-state index in [9.17, 15) is 48.3 Å². The number of esters is 1. The Kier molecular flexibility index (Phi) is 31.8. The second kappa shape index (κ2) is 43.1. The van der Waals surface area contributed by atoms with Gasteiger partial charge in [-0.05, 0) is 260 Å². The number of aliphatic hydroxyl groups is 1. The first-order chi connectivity index (χ1) is 67.0. The van der Waals surface area contributed by atoms with Crippen molar-refractivity contribution in [2.24, 2.45) is 34.0 Å². The van der Waals surface area contributed by atoms with E-state index >= 15 is 0 Å². The van der Waals surface area contributed by atoms with E-state index in [4.69, 9.17) is 76.4 Å². The zero-order chi connectivity index (χ0) is 102. The van der Waals surface area contributed by atoms with Gasteiger partial charge in [0.05, 0.1) is 62.7 Å². The Hall–Kier alpha value is -12.6. The van der Waals surface area contributed by atoms with Crippen LogP contribution in [0.4, 0.5) is 43.7 Å². The molecule has 10 atom stereocenters. The van der Waals surface area contributed by atoms with Gasteiger partial charge in [0.15, 0.2) is 34.1 Å². The van der Waals surface area contributed by atoms with Gasteiger partial charge in [0.1, 0.15) is 52.4 Å². The van der Waals surface area contributed by atoms with E-state index in [1.807, 2.05) is 108 Å². The van der Waals surface area contributed by atoms with Gasteiger partial charge in [0, 0.05) is 130 Å². The maximum atomic E-state index is 13.0. The number of urea groups is 2. The molecule has 1 spiro atoms. The molecule has 141 heavy (non-hydrogen) atoms. The normalized spacial score (nSPS) is 24.9. The average Bonchev–Trinajstić information content (AvgIpc) is 1.46. The molecule has 3 saturated carbocycles. The van der Waals surface area contributed by atoms with Gasteiger partial charge in [-0.3, -0.25) is 33.6 Å². The molecule has 8 amide bonds. The van der Waals surface area contributed by atoms with Crippen molar-refractivity contribution in [3.8, 4) is 23.0 Å². The van der Waals surface area contributed by atoms with Gasteiger partial charge in [-0.2, -0.15) is 0 Å². The first-order valence-electron chi connectivity index (χ1n) is 47.9. The molecule has 18 rings (SSSR count). The van der Waals surface area contributed by atoms with Gasteiger partial charge in [-0.15, -0.1) is 0 Å². The second-order valence-corrected chi connectivity index (χ2v) is 42.4. The lowest BCUT2D eigenvalue weighted by Gasteiger charge is -2.61. The number of hydrogen-bond acceptors (Lipinski definition) is 20. The minimum absolute atomic E-state index is 0.0114. The second-order valence-electron chi connectivity index (χ2n) is 40.2.